The zero-order valence-electron chi connectivity index (χ0n) is 24.4. The number of aliphatic hydroxyl groups is 5. The van der Waals surface area contributed by atoms with Crippen LogP contribution in [0, 0.1) is 0 Å². The third kappa shape index (κ3) is 10.1. The number of ether oxygens (including phenoxy) is 6. The Hall–Kier alpha value is -1.36. The molecular weight excluding hydrogens is 732 g/mol. The Balaban J connectivity index is 2.02. The summed E-state index contributed by atoms with van der Waals surface area (Å²) in [6.45, 7) is -0.821. The summed E-state index contributed by atoms with van der Waals surface area (Å²) in [5, 5.41) is 64.2. The quantitative estimate of drug-likeness (QED) is 0.0637. The molecule has 3 aliphatic heterocycles. The van der Waals surface area contributed by atoms with E-state index in [1.54, 1.807) is 0 Å². The summed E-state index contributed by atoms with van der Waals surface area (Å²) in [6, 6.07) is -3.98. The standard InChI is InChI=1S/C20H36N2O23S3/c1-5-8(21-46(30,31)32)10(25)14(7(4-24)40-5)42-20-16(45-48(36,37)38)12(27)15(17(44-20)18(28)29)43-19-9(22-47(33,34)35)11(26)13(39-2)6(3-23)41-19/h5-17,19-27H,3-4H2,1-2H3,(H,28,29)(H,30,31,32)(H,33,34,35)(H,36,37,38)/p-4/t5-,6?,7?,8+,9?,10?,11+,12?,13+,14+,15-,16-,17?,19-,20+/m0/s1. The van der Waals surface area contributed by atoms with Crippen molar-refractivity contribution in [3.63, 3.8) is 0 Å². The fourth-order valence-electron chi connectivity index (χ4n) is 5.38. The molecule has 0 aromatic carbocycles. The minimum absolute atomic E-state index is 0.962. The Morgan fingerprint density at radius 2 is 1.23 bits per heavy atom. The van der Waals surface area contributed by atoms with Gasteiger partial charge in [-0.2, -0.15) is 0 Å². The molecule has 0 saturated carbocycles. The Morgan fingerprint density at radius 3 is 1.71 bits per heavy atom. The molecule has 6 unspecified atom stereocenters. The predicted molar refractivity (Wildman–Crippen MR) is 137 cm³/mol. The number of hydrogen-bond donors (Lipinski definition) is 7. The lowest BCUT2D eigenvalue weighted by molar-refractivity contribution is -0.376. The third-order valence-corrected chi connectivity index (χ3v) is 8.98. The minimum atomic E-state index is -5.89. The molecule has 15 atom stereocenters. The molecule has 0 aliphatic carbocycles. The first-order chi connectivity index (χ1) is 22.0. The van der Waals surface area contributed by atoms with E-state index in [0.717, 1.165) is 14.0 Å². The van der Waals surface area contributed by atoms with Gasteiger partial charge in [0.1, 0.15) is 61.0 Å². The number of nitrogens with one attached hydrogen (secondary N) is 2. The Bertz CT molecular complexity index is 1430. The van der Waals surface area contributed by atoms with Crippen LogP contribution in [0.5, 0.6) is 0 Å². The van der Waals surface area contributed by atoms with Gasteiger partial charge in [-0.05, 0) is 6.92 Å². The summed E-state index contributed by atoms with van der Waals surface area (Å²) >= 11 is 0. The van der Waals surface area contributed by atoms with Gasteiger partial charge < -0.3 is 77.5 Å². The van der Waals surface area contributed by atoms with E-state index in [4.69, 9.17) is 28.4 Å². The van der Waals surface area contributed by atoms with Crippen LogP contribution in [0.3, 0.4) is 0 Å². The molecule has 0 amide bonds. The Kier molecular flexibility index (Phi) is 13.6. The molecule has 0 aromatic rings. The normalized spacial score (nSPS) is 41.6. The number of aliphatic carboxylic acids is 1. The van der Waals surface area contributed by atoms with Crippen molar-refractivity contribution in [1.82, 2.24) is 9.44 Å². The van der Waals surface area contributed by atoms with Gasteiger partial charge in [0.25, 0.3) is 0 Å². The summed E-state index contributed by atoms with van der Waals surface area (Å²) in [5.74, 6) is -2.29. The first-order valence-corrected chi connectivity index (χ1v) is 17.5. The molecule has 25 nitrogen and oxygen atoms in total. The SMILES string of the molecule is CO[C@@H]1C(CO)O[C@@H](O[C@@H]2C(C(=O)[O-])O[C@@H](O[C@@H]3C(CO)O[C@@H](C)[C@@H](NS(=O)(=O)[O-])C3O)[C@@H](OS(=O)(=O)[O-])C2O)C(NS(=O)(=O)[O-])[C@H]1O. The van der Waals surface area contributed by atoms with Crippen molar-refractivity contribution < 1.29 is 107 Å². The number of methoxy groups -OCH3 is 1. The van der Waals surface area contributed by atoms with E-state index < -0.39 is 142 Å². The van der Waals surface area contributed by atoms with Gasteiger partial charge >= 0.3 is 0 Å². The molecule has 0 radical (unpaired) electrons. The van der Waals surface area contributed by atoms with Crippen LogP contribution in [0.1, 0.15) is 6.92 Å². The summed E-state index contributed by atoms with van der Waals surface area (Å²) in [7, 11) is -15.6. The van der Waals surface area contributed by atoms with Crippen molar-refractivity contribution in [2.24, 2.45) is 0 Å². The molecule has 3 fully saturated rings. The largest absolute Gasteiger partial charge is 0.735 e. The van der Waals surface area contributed by atoms with Crippen molar-refractivity contribution in [3.8, 4) is 0 Å². The van der Waals surface area contributed by atoms with Crippen LogP contribution in [-0.2, 0) is 68.4 Å². The maximum Gasteiger partial charge on any atom is 0.218 e. The molecule has 28 heteroatoms. The molecule has 7 N–H and O–H groups in total. The second kappa shape index (κ2) is 15.9. The molecule has 3 aliphatic rings. The number of carboxylic acid groups (broad SMARTS) is 1. The van der Waals surface area contributed by atoms with Crippen LogP contribution in [0.15, 0.2) is 0 Å². The van der Waals surface area contributed by atoms with Gasteiger partial charge in [0.2, 0.25) is 10.4 Å². The topological polar surface area (TPSA) is 402 Å². The number of rotatable bonds is 14. The van der Waals surface area contributed by atoms with Crippen molar-refractivity contribution in [1.29, 1.82) is 0 Å². The Morgan fingerprint density at radius 1 is 0.729 bits per heavy atom. The highest BCUT2D eigenvalue weighted by Crippen LogP contribution is 2.34. The van der Waals surface area contributed by atoms with Crippen molar-refractivity contribution >= 4 is 37.0 Å². The van der Waals surface area contributed by atoms with Crippen LogP contribution >= 0.6 is 0 Å². The molecule has 48 heavy (non-hydrogen) atoms. The van der Waals surface area contributed by atoms with E-state index in [-0.39, 0.29) is 0 Å². The van der Waals surface area contributed by atoms with E-state index in [0.29, 0.717) is 0 Å². The molecule has 0 aromatic heterocycles. The van der Waals surface area contributed by atoms with E-state index in [2.05, 4.69) is 4.18 Å². The highest BCUT2D eigenvalue weighted by Gasteiger charge is 2.55. The smallest absolute Gasteiger partial charge is 0.218 e. The first-order valence-electron chi connectivity index (χ1n) is 13.4. The van der Waals surface area contributed by atoms with E-state index >= 15 is 0 Å². The van der Waals surface area contributed by atoms with Crippen molar-refractivity contribution in [2.75, 3.05) is 20.3 Å². The lowest BCUT2D eigenvalue weighted by Crippen LogP contribution is -2.70. The maximum atomic E-state index is 12.2. The van der Waals surface area contributed by atoms with Crippen LogP contribution < -0.4 is 14.6 Å². The summed E-state index contributed by atoms with van der Waals surface area (Å²) in [5.41, 5.74) is 0. The number of carbonyl (C=O) groups excluding carboxylic acids is 1. The summed E-state index contributed by atoms with van der Waals surface area (Å²) < 4.78 is 142. The molecule has 0 spiro atoms. The highest BCUT2D eigenvalue weighted by molar-refractivity contribution is 7.84. The van der Waals surface area contributed by atoms with Gasteiger partial charge in [0.15, 0.2) is 39.3 Å². The number of carbonyl (C=O) groups is 1. The average molecular weight is 765 g/mol. The van der Waals surface area contributed by atoms with Crippen molar-refractivity contribution in [3.05, 3.63) is 0 Å². The molecule has 0 bridgehead atoms. The van der Waals surface area contributed by atoms with Gasteiger partial charge in [0, 0.05) is 7.11 Å². The first kappa shape index (κ1) is 41.1. The van der Waals surface area contributed by atoms with Crippen LogP contribution in [-0.4, -0.2) is 183 Å². The van der Waals surface area contributed by atoms with E-state index in [1.807, 2.05) is 0 Å². The fourth-order valence-corrected chi connectivity index (χ4v) is 7.10. The maximum absolute atomic E-state index is 12.2. The van der Waals surface area contributed by atoms with E-state index in [1.165, 1.54) is 9.44 Å². The zero-order valence-corrected chi connectivity index (χ0v) is 26.8. The van der Waals surface area contributed by atoms with Crippen LogP contribution in [0.4, 0.5) is 0 Å². The van der Waals surface area contributed by atoms with Crippen molar-refractivity contribution in [2.45, 2.75) is 98.7 Å². The summed E-state index contributed by atoms with van der Waals surface area (Å²) in [4.78, 5) is 12.2. The lowest BCUT2D eigenvalue weighted by atomic mass is 9.93. The molecule has 3 saturated heterocycles. The lowest BCUT2D eigenvalue weighted by Gasteiger charge is -2.50. The molecule has 3 heterocycles. The van der Waals surface area contributed by atoms with Gasteiger partial charge in [-0.3, -0.25) is 4.18 Å². The number of carboxylic acids is 1. The number of aliphatic hydroxyl groups excluding tert-OH is 5. The third-order valence-electron chi connectivity index (χ3n) is 7.40. The van der Waals surface area contributed by atoms with Crippen LogP contribution in [0.25, 0.3) is 0 Å². The fraction of sp³-hybridized carbons (Fsp3) is 0.950. The average Bonchev–Trinajstić information content (AvgIpc) is 2.95. The van der Waals surface area contributed by atoms with Gasteiger partial charge in [-0.1, -0.05) is 0 Å². The van der Waals surface area contributed by atoms with Crippen LogP contribution in [0.2, 0.25) is 0 Å². The predicted octanol–water partition coefficient (Wildman–Crippen LogP) is -9.49. The summed E-state index contributed by atoms with van der Waals surface area (Å²) in [6.07, 6.45) is -27.8. The van der Waals surface area contributed by atoms with Gasteiger partial charge in [0.05, 0.1) is 31.3 Å². The van der Waals surface area contributed by atoms with Gasteiger partial charge in [-0.15, -0.1) is 0 Å². The monoisotopic (exact) mass is 764 g/mol. The number of hydrogen-bond acceptors (Lipinski definition) is 23. The Labute approximate surface area is 272 Å². The second-order valence-corrected chi connectivity index (χ2v) is 13.9. The molecule has 3 rings (SSSR count). The minimum Gasteiger partial charge on any atom is -0.735 e. The van der Waals surface area contributed by atoms with E-state index in [9.17, 15) is 74.3 Å². The molecular formula is C20H32N2O23S3-4. The molecule has 282 valence electrons. The second-order valence-electron chi connectivity index (χ2n) is 10.6. The highest BCUT2D eigenvalue weighted by atomic mass is 32.3. The van der Waals surface area contributed by atoms with Gasteiger partial charge in [-0.25, -0.2) is 34.7 Å². The zero-order chi connectivity index (χ0) is 36.5.